The summed E-state index contributed by atoms with van der Waals surface area (Å²) in [6.07, 6.45) is 0.715. The number of benzene rings is 3. The molecule has 0 saturated carbocycles. The first-order valence-corrected chi connectivity index (χ1v) is 11.3. The molecule has 3 aromatic rings. The maximum absolute atomic E-state index is 9.51. The van der Waals surface area contributed by atoms with Crippen LogP contribution in [0.3, 0.4) is 0 Å². The summed E-state index contributed by atoms with van der Waals surface area (Å²) in [6, 6.07) is 13.6. The van der Waals surface area contributed by atoms with E-state index >= 15 is 0 Å². The topological polar surface area (TPSA) is 107 Å². The minimum absolute atomic E-state index is 0.159. The highest BCUT2D eigenvalue weighted by molar-refractivity contribution is 7.85. The normalized spacial score (nSPS) is 12.1. The fourth-order valence-corrected chi connectivity index (χ4v) is 3.30. The molecule has 0 spiro atoms. The maximum Gasteiger partial charge on any atom is 0.261 e. The van der Waals surface area contributed by atoms with Crippen LogP contribution in [0.2, 0.25) is 10.0 Å². The summed E-state index contributed by atoms with van der Waals surface area (Å²) in [6.45, 7) is 1.94. The molecule has 0 aromatic heterocycles. The largest absolute Gasteiger partial charge is 0.394 e. The van der Waals surface area contributed by atoms with Crippen molar-refractivity contribution in [2.75, 3.05) is 19.5 Å². The van der Waals surface area contributed by atoms with Crippen LogP contribution in [-0.2, 0) is 16.7 Å². The van der Waals surface area contributed by atoms with E-state index in [2.05, 4.69) is 5.32 Å². The van der Waals surface area contributed by atoms with Gasteiger partial charge < -0.3 is 15.5 Å². The maximum atomic E-state index is 9.51. The van der Waals surface area contributed by atoms with Gasteiger partial charge in [-0.2, -0.15) is 8.42 Å². The monoisotopic (exact) mass is 459 g/mol. The van der Waals surface area contributed by atoms with Crippen LogP contribution in [0.4, 0.5) is 0 Å². The lowest BCUT2D eigenvalue weighted by Crippen LogP contribution is -2.48. The van der Waals surface area contributed by atoms with Gasteiger partial charge in [0, 0.05) is 27.4 Å². The zero-order valence-corrected chi connectivity index (χ0v) is 18.3. The Hall–Kier alpha value is -1.45. The van der Waals surface area contributed by atoms with Crippen molar-refractivity contribution in [2.24, 2.45) is 0 Å². The quantitative estimate of drug-likeness (QED) is 0.342. The van der Waals surface area contributed by atoms with Crippen molar-refractivity contribution < 1.29 is 23.2 Å². The van der Waals surface area contributed by atoms with Gasteiger partial charge in [-0.1, -0.05) is 47.5 Å². The molecule has 0 aliphatic heterocycles. The molecular formula is C20H23Cl2NO5S. The zero-order valence-electron chi connectivity index (χ0n) is 16.0. The van der Waals surface area contributed by atoms with E-state index in [0.29, 0.717) is 22.8 Å². The summed E-state index contributed by atoms with van der Waals surface area (Å²) >= 11 is 12.8. The molecule has 6 nitrogen and oxygen atoms in total. The number of nitrogens with one attached hydrogen (secondary N) is 1. The van der Waals surface area contributed by atoms with Gasteiger partial charge in [0.15, 0.2) is 0 Å². The number of aliphatic hydroxyl groups excluding tert-OH is 2. The molecule has 0 fully saturated rings. The molecule has 0 radical (unpaired) electrons. The van der Waals surface area contributed by atoms with Crippen LogP contribution in [0.15, 0.2) is 42.5 Å². The second-order valence-electron chi connectivity index (χ2n) is 6.99. The fraction of sp³-hybridized carbons (Fsp3) is 0.300. The Kier molecular flexibility index (Phi) is 7.86. The van der Waals surface area contributed by atoms with Crippen LogP contribution >= 0.6 is 23.2 Å². The van der Waals surface area contributed by atoms with Gasteiger partial charge in [0.25, 0.3) is 10.1 Å². The lowest BCUT2D eigenvalue weighted by atomic mass is 9.95. The third-order valence-electron chi connectivity index (χ3n) is 4.43. The Morgan fingerprint density at radius 2 is 1.34 bits per heavy atom. The van der Waals surface area contributed by atoms with Gasteiger partial charge in [0.2, 0.25) is 0 Å². The molecule has 0 saturated heterocycles. The highest BCUT2D eigenvalue weighted by Crippen LogP contribution is 2.35. The van der Waals surface area contributed by atoms with Crippen LogP contribution in [0, 0.1) is 0 Å². The summed E-state index contributed by atoms with van der Waals surface area (Å²) in [5.74, 6) is 0. The van der Waals surface area contributed by atoms with Gasteiger partial charge in [0.1, 0.15) is 0 Å². The van der Waals surface area contributed by atoms with E-state index < -0.39 is 15.7 Å². The third kappa shape index (κ3) is 6.26. The third-order valence-corrected chi connectivity index (χ3v) is 5.09. The predicted octanol–water partition coefficient (Wildman–Crippen LogP) is 3.64. The first-order valence-electron chi connectivity index (χ1n) is 8.66. The van der Waals surface area contributed by atoms with Gasteiger partial charge in [-0.15, -0.1) is 0 Å². The van der Waals surface area contributed by atoms with Crippen molar-refractivity contribution in [2.45, 2.75) is 19.0 Å². The average molecular weight is 460 g/mol. The van der Waals surface area contributed by atoms with Gasteiger partial charge in [-0.3, -0.25) is 4.55 Å². The highest BCUT2D eigenvalue weighted by atomic mass is 35.5. The van der Waals surface area contributed by atoms with Crippen LogP contribution in [0.1, 0.15) is 12.5 Å². The van der Waals surface area contributed by atoms with Crippen molar-refractivity contribution >= 4 is 54.9 Å². The summed E-state index contributed by atoms with van der Waals surface area (Å²) < 4.78 is 25.9. The lowest BCUT2D eigenvalue weighted by Gasteiger charge is -2.27. The summed E-state index contributed by atoms with van der Waals surface area (Å²) in [5.41, 5.74) is 0.284. The molecule has 29 heavy (non-hydrogen) atoms. The van der Waals surface area contributed by atoms with Crippen LogP contribution < -0.4 is 5.32 Å². The van der Waals surface area contributed by atoms with Crippen molar-refractivity contribution in [1.29, 1.82) is 0 Å². The summed E-state index contributed by atoms with van der Waals surface area (Å²) in [5, 5.41) is 27.5. The van der Waals surface area contributed by atoms with E-state index in [0.717, 1.165) is 27.1 Å². The van der Waals surface area contributed by atoms with Crippen LogP contribution in [0.25, 0.3) is 21.5 Å². The minimum Gasteiger partial charge on any atom is -0.394 e. The van der Waals surface area contributed by atoms with Crippen LogP contribution in [0.5, 0.6) is 0 Å². The zero-order chi connectivity index (χ0) is 21.8. The molecule has 3 rings (SSSR count). The van der Waals surface area contributed by atoms with E-state index in [4.69, 9.17) is 27.8 Å². The lowest BCUT2D eigenvalue weighted by molar-refractivity contribution is 0.103. The van der Waals surface area contributed by atoms with E-state index in [1.165, 1.54) is 0 Å². The van der Waals surface area contributed by atoms with Gasteiger partial charge in [-0.25, -0.2) is 0 Å². The molecule has 4 N–H and O–H groups in total. The molecule has 0 heterocycles. The van der Waals surface area contributed by atoms with Crippen LogP contribution in [-0.4, -0.2) is 48.2 Å². The molecule has 3 aromatic carbocycles. The number of halogens is 2. The van der Waals surface area contributed by atoms with E-state index in [9.17, 15) is 18.6 Å². The first-order chi connectivity index (χ1) is 13.5. The molecule has 0 aliphatic rings. The molecule has 0 atom stereocenters. The Balaban J connectivity index is 0.000000537. The summed E-state index contributed by atoms with van der Waals surface area (Å²) in [7, 11) is -3.67. The number of rotatable bonds is 5. The molecule has 0 bridgehead atoms. The Bertz CT molecular complexity index is 1050. The van der Waals surface area contributed by atoms with Gasteiger partial charge in [-0.05, 0) is 41.5 Å². The van der Waals surface area contributed by atoms with E-state index in [1.54, 1.807) is 6.92 Å². The SMILES string of the molecule is CC(CO)(CO)NCc1c2cccc(Cl)c2cc2c(Cl)cccc12.CS(=O)(=O)O. The smallest absolute Gasteiger partial charge is 0.261 e. The minimum atomic E-state index is -3.67. The highest BCUT2D eigenvalue weighted by Gasteiger charge is 2.22. The van der Waals surface area contributed by atoms with Gasteiger partial charge >= 0.3 is 0 Å². The average Bonchev–Trinajstić information content (AvgIpc) is 2.65. The predicted molar refractivity (Wildman–Crippen MR) is 118 cm³/mol. The molecule has 158 valence electrons. The number of hydrogen-bond donors (Lipinski definition) is 4. The Labute approximate surface area is 179 Å². The summed E-state index contributed by atoms with van der Waals surface area (Å²) in [4.78, 5) is 0. The Morgan fingerprint density at radius 3 is 1.72 bits per heavy atom. The van der Waals surface area contributed by atoms with Crippen molar-refractivity contribution in [3.05, 3.63) is 58.1 Å². The second-order valence-corrected chi connectivity index (χ2v) is 9.27. The van der Waals surface area contributed by atoms with E-state index in [-0.39, 0.29) is 13.2 Å². The van der Waals surface area contributed by atoms with Gasteiger partial charge in [0.05, 0.1) is 25.0 Å². The van der Waals surface area contributed by atoms with Crippen molar-refractivity contribution in [3.63, 3.8) is 0 Å². The number of hydrogen-bond acceptors (Lipinski definition) is 5. The van der Waals surface area contributed by atoms with Crippen molar-refractivity contribution in [3.8, 4) is 0 Å². The Morgan fingerprint density at radius 1 is 0.931 bits per heavy atom. The molecule has 0 unspecified atom stereocenters. The fourth-order valence-electron chi connectivity index (χ4n) is 2.84. The molecular weight excluding hydrogens is 437 g/mol. The first kappa shape index (κ1) is 23.8. The molecule has 0 amide bonds. The molecule has 9 heteroatoms. The number of fused-ring (bicyclic) bond motifs is 2. The molecule has 0 aliphatic carbocycles. The number of aliphatic hydroxyl groups is 2. The standard InChI is InChI=1S/C19H19Cl2NO2.CH4O3S/c1-19(10-23,11-24)22-9-16-12-4-2-6-17(20)14(12)8-15-13(16)5-3-7-18(15)21;1-5(2,3)4/h2-8,22-24H,9-11H2,1H3;1H3,(H,2,3,4). The van der Waals surface area contributed by atoms with E-state index in [1.807, 2.05) is 42.5 Å². The second kappa shape index (κ2) is 9.57. The van der Waals surface area contributed by atoms with Crippen molar-refractivity contribution in [1.82, 2.24) is 5.32 Å².